The van der Waals surface area contributed by atoms with Gasteiger partial charge in [-0.3, -0.25) is 9.59 Å². The summed E-state index contributed by atoms with van der Waals surface area (Å²) in [5.74, 6) is -0.575. The van der Waals surface area contributed by atoms with E-state index in [1.54, 1.807) is 69.3 Å². The highest BCUT2D eigenvalue weighted by Gasteiger charge is 2.16. The molecular weight excluding hydrogens is 394 g/mol. The van der Waals surface area contributed by atoms with Crippen LogP contribution in [0.1, 0.15) is 37.6 Å². The first-order chi connectivity index (χ1) is 13.6. The van der Waals surface area contributed by atoms with E-state index in [0.717, 1.165) is 0 Å². The molecule has 154 valence electrons. The molecule has 0 saturated heterocycles. The van der Waals surface area contributed by atoms with Gasteiger partial charge in [0.15, 0.2) is 0 Å². The lowest BCUT2D eigenvalue weighted by Crippen LogP contribution is -2.34. The second-order valence-corrected chi connectivity index (χ2v) is 7.65. The summed E-state index contributed by atoms with van der Waals surface area (Å²) in [6, 6.07) is 13.4. The average molecular weight is 418 g/mol. The van der Waals surface area contributed by atoms with E-state index in [2.05, 4.69) is 16.0 Å². The van der Waals surface area contributed by atoms with E-state index in [0.29, 0.717) is 22.0 Å². The van der Waals surface area contributed by atoms with Crippen LogP contribution in [0.3, 0.4) is 0 Å². The minimum absolute atomic E-state index is 0.101. The van der Waals surface area contributed by atoms with Crippen molar-refractivity contribution in [3.8, 4) is 0 Å². The molecule has 0 radical (unpaired) electrons. The average Bonchev–Trinajstić information content (AvgIpc) is 2.62. The molecule has 0 aliphatic rings. The summed E-state index contributed by atoms with van der Waals surface area (Å²) < 4.78 is 5.10. The molecule has 0 aromatic heterocycles. The van der Waals surface area contributed by atoms with Gasteiger partial charge in [0.05, 0.1) is 10.6 Å². The number of rotatable bonds is 6. The van der Waals surface area contributed by atoms with Gasteiger partial charge in [-0.1, -0.05) is 23.7 Å². The van der Waals surface area contributed by atoms with Crippen molar-refractivity contribution in [2.24, 2.45) is 0 Å². The molecule has 3 N–H and O–H groups in total. The van der Waals surface area contributed by atoms with Crippen LogP contribution in [0.25, 0.3) is 0 Å². The third kappa shape index (κ3) is 7.83. The normalized spacial score (nSPS) is 10.8. The first kappa shape index (κ1) is 22.2. The molecule has 2 aromatic rings. The van der Waals surface area contributed by atoms with Crippen LogP contribution >= 0.6 is 11.6 Å². The van der Waals surface area contributed by atoms with Crippen molar-refractivity contribution >= 4 is 40.9 Å². The fraction of sp³-hybridized carbons (Fsp3) is 0.286. The molecule has 0 unspecified atom stereocenters. The summed E-state index contributed by atoms with van der Waals surface area (Å²) in [5.41, 5.74) is 0.932. The molecule has 0 heterocycles. The molecule has 2 aromatic carbocycles. The molecule has 0 spiro atoms. The zero-order chi connectivity index (χ0) is 21.4. The fourth-order valence-electron chi connectivity index (χ4n) is 2.30. The smallest absolute Gasteiger partial charge is 0.407 e. The topological polar surface area (TPSA) is 96.5 Å². The van der Waals surface area contributed by atoms with Crippen molar-refractivity contribution in [3.05, 3.63) is 59.1 Å². The lowest BCUT2D eigenvalue weighted by atomic mass is 10.2. The number of amides is 3. The molecule has 3 amide bonds. The highest BCUT2D eigenvalue weighted by atomic mass is 35.5. The van der Waals surface area contributed by atoms with E-state index < -0.39 is 11.7 Å². The first-order valence-corrected chi connectivity index (χ1v) is 9.44. The van der Waals surface area contributed by atoms with Crippen LogP contribution in [0.4, 0.5) is 16.2 Å². The van der Waals surface area contributed by atoms with Gasteiger partial charge < -0.3 is 20.7 Å². The Kier molecular flexibility index (Phi) is 7.61. The molecule has 29 heavy (non-hydrogen) atoms. The van der Waals surface area contributed by atoms with Crippen LogP contribution in [-0.4, -0.2) is 30.1 Å². The number of carbonyl (C=O) groups is 3. The summed E-state index contributed by atoms with van der Waals surface area (Å²) in [6.45, 7) is 5.45. The molecule has 0 bridgehead atoms. The number of carbonyl (C=O) groups excluding carboxylic acids is 3. The van der Waals surface area contributed by atoms with Gasteiger partial charge in [-0.05, 0) is 57.2 Å². The minimum Gasteiger partial charge on any atom is -0.444 e. The lowest BCUT2D eigenvalue weighted by Gasteiger charge is -2.19. The Hall–Kier alpha value is -3.06. The van der Waals surface area contributed by atoms with Crippen LogP contribution in [0.5, 0.6) is 0 Å². The molecule has 0 fully saturated rings. The minimum atomic E-state index is -0.588. The van der Waals surface area contributed by atoms with Crippen LogP contribution in [-0.2, 0) is 9.53 Å². The largest absolute Gasteiger partial charge is 0.444 e. The Morgan fingerprint density at radius 1 is 0.931 bits per heavy atom. The van der Waals surface area contributed by atoms with Gasteiger partial charge in [0.1, 0.15) is 5.60 Å². The monoisotopic (exact) mass is 417 g/mol. The van der Waals surface area contributed by atoms with E-state index in [1.165, 1.54) is 0 Å². The quantitative estimate of drug-likeness (QED) is 0.647. The van der Waals surface area contributed by atoms with Crippen LogP contribution in [0.2, 0.25) is 5.02 Å². The standard InChI is InChI=1S/C21H24ClN3O4/c1-21(2,3)29-20(28)23-13-12-18(26)24-14-8-10-15(11-9-14)25-19(27)16-6-4-5-7-17(16)22/h4-11H,12-13H2,1-3H3,(H,23,28)(H,24,26)(H,25,27). The van der Waals surface area contributed by atoms with Crippen molar-refractivity contribution in [3.63, 3.8) is 0 Å². The predicted octanol–water partition coefficient (Wildman–Crippen LogP) is 4.45. The fourth-order valence-corrected chi connectivity index (χ4v) is 2.52. The van der Waals surface area contributed by atoms with Gasteiger partial charge in [-0.2, -0.15) is 0 Å². The molecule has 8 heteroatoms. The van der Waals surface area contributed by atoms with Gasteiger partial charge in [0.2, 0.25) is 5.91 Å². The van der Waals surface area contributed by atoms with Crippen molar-refractivity contribution < 1.29 is 19.1 Å². The Morgan fingerprint density at radius 2 is 1.52 bits per heavy atom. The lowest BCUT2D eigenvalue weighted by molar-refractivity contribution is -0.116. The zero-order valence-corrected chi connectivity index (χ0v) is 17.3. The van der Waals surface area contributed by atoms with Crippen LogP contribution < -0.4 is 16.0 Å². The maximum absolute atomic E-state index is 12.2. The number of ether oxygens (including phenoxy) is 1. The van der Waals surface area contributed by atoms with E-state index in [1.807, 2.05) is 0 Å². The Labute approximate surface area is 174 Å². The highest BCUT2D eigenvalue weighted by Crippen LogP contribution is 2.18. The van der Waals surface area contributed by atoms with Gasteiger partial charge in [0.25, 0.3) is 5.91 Å². The molecule has 2 rings (SSSR count). The van der Waals surface area contributed by atoms with Crippen molar-refractivity contribution in [1.29, 1.82) is 0 Å². The Bertz CT molecular complexity index is 876. The van der Waals surface area contributed by atoms with Gasteiger partial charge in [0, 0.05) is 24.3 Å². The first-order valence-electron chi connectivity index (χ1n) is 9.07. The summed E-state index contributed by atoms with van der Waals surface area (Å²) >= 11 is 6.02. The van der Waals surface area contributed by atoms with E-state index in [4.69, 9.17) is 16.3 Å². The molecule has 7 nitrogen and oxygen atoms in total. The van der Waals surface area contributed by atoms with Crippen LogP contribution in [0, 0.1) is 0 Å². The third-order valence-electron chi connectivity index (χ3n) is 3.57. The number of hydrogen-bond donors (Lipinski definition) is 3. The van der Waals surface area contributed by atoms with E-state index >= 15 is 0 Å². The molecule has 0 saturated carbocycles. The summed E-state index contributed by atoms with van der Waals surface area (Å²) in [5, 5.41) is 8.36. The maximum Gasteiger partial charge on any atom is 0.407 e. The van der Waals surface area contributed by atoms with E-state index in [-0.39, 0.29) is 24.8 Å². The number of anilines is 2. The second kappa shape index (κ2) is 9.93. The second-order valence-electron chi connectivity index (χ2n) is 7.24. The Morgan fingerprint density at radius 3 is 2.10 bits per heavy atom. The van der Waals surface area contributed by atoms with Crippen molar-refractivity contribution in [2.75, 3.05) is 17.2 Å². The molecule has 0 aliphatic heterocycles. The number of alkyl carbamates (subject to hydrolysis) is 1. The summed E-state index contributed by atoms with van der Waals surface area (Å²) in [6.07, 6.45) is -0.464. The maximum atomic E-state index is 12.2. The number of hydrogen-bond acceptors (Lipinski definition) is 4. The zero-order valence-electron chi connectivity index (χ0n) is 16.5. The van der Waals surface area contributed by atoms with E-state index in [9.17, 15) is 14.4 Å². The summed E-state index contributed by atoms with van der Waals surface area (Å²) in [4.78, 5) is 35.8. The molecule has 0 atom stereocenters. The number of halogens is 1. The van der Waals surface area contributed by atoms with Gasteiger partial charge >= 0.3 is 6.09 Å². The third-order valence-corrected chi connectivity index (χ3v) is 3.89. The van der Waals surface area contributed by atoms with Gasteiger partial charge in [-0.25, -0.2) is 4.79 Å². The SMILES string of the molecule is CC(C)(C)OC(=O)NCCC(=O)Nc1ccc(NC(=O)c2ccccc2Cl)cc1. The van der Waals surface area contributed by atoms with Crippen molar-refractivity contribution in [2.45, 2.75) is 32.8 Å². The Balaban J connectivity index is 1.80. The highest BCUT2D eigenvalue weighted by molar-refractivity contribution is 6.34. The molecule has 0 aliphatic carbocycles. The predicted molar refractivity (Wildman–Crippen MR) is 113 cm³/mol. The van der Waals surface area contributed by atoms with Crippen LogP contribution in [0.15, 0.2) is 48.5 Å². The number of benzene rings is 2. The number of nitrogens with one attached hydrogen (secondary N) is 3. The molecular formula is C21H24ClN3O4. The van der Waals surface area contributed by atoms with Gasteiger partial charge in [-0.15, -0.1) is 0 Å². The summed E-state index contributed by atoms with van der Waals surface area (Å²) in [7, 11) is 0. The van der Waals surface area contributed by atoms with Crippen molar-refractivity contribution in [1.82, 2.24) is 5.32 Å².